The molecule has 0 spiro atoms. The molecular formula is C26H39ClFN5O2Si. The summed E-state index contributed by atoms with van der Waals surface area (Å²) in [6.07, 6.45) is 5.05. The van der Waals surface area contributed by atoms with Crippen molar-refractivity contribution in [1.29, 1.82) is 0 Å². The highest BCUT2D eigenvalue weighted by Crippen LogP contribution is 2.49. The Bertz CT molecular complexity index is 1140. The number of hydrogen-bond acceptors (Lipinski definition) is 5. The molecular weight excluding hydrogens is 497 g/mol. The number of amides is 1. The Morgan fingerprint density at radius 1 is 1.25 bits per heavy atom. The minimum absolute atomic E-state index is 0. The molecule has 3 N–H and O–H groups in total. The molecule has 1 amide bonds. The monoisotopic (exact) mass is 535 g/mol. The fourth-order valence-electron chi connectivity index (χ4n) is 4.45. The number of anilines is 1. The average molecular weight is 536 g/mol. The van der Waals surface area contributed by atoms with Gasteiger partial charge in [-0.15, -0.1) is 12.4 Å². The van der Waals surface area contributed by atoms with Gasteiger partial charge in [-0.3, -0.25) is 4.79 Å². The number of aromatic nitrogens is 3. The minimum atomic E-state index is -1.44. The van der Waals surface area contributed by atoms with E-state index in [1.165, 1.54) is 0 Å². The topological polar surface area (TPSA) is 95.1 Å². The van der Waals surface area contributed by atoms with E-state index in [0.29, 0.717) is 36.2 Å². The van der Waals surface area contributed by atoms with E-state index in [1.54, 1.807) is 12.1 Å². The van der Waals surface area contributed by atoms with Gasteiger partial charge in [0.15, 0.2) is 0 Å². The number of rotatable bonds is 10. The lowest BCUT2D eigenvalue weighted by molar-refractivity contribution is -0.113. The van der Waals surface area contributed by atoms with Crippen molar-refractivity contribution in [3.05, 3.63) is 40.7 Å². The number of allylic oxidation sites excluding steroid dienone is 1. The first-order chi connectivity index (χ1) is 16.5. The summed E-state index contributed by atoms with van der Waals surface area (Å²) in [7, 11) is -1.44. The third kappa shape index (κ3) is 6.18. The van der Waals surface area contributed by atoms with E-state index >= 15 is 4.39 Å². The van der Waals surface area contributed by atoms with Crippen molar-refractivity contribution in [3.8, 4) is 11.1 Å². The van der Waals surface area contributed by atoms with Crippen molar-refractivity contribution < 1.29 is 13.9 Å². The number of nitrogens with two attached hydrogens (primary N) is 1. The number of carbonyl (C=O) groups excluding carboxylic acids is 1. The van der Waals surface area contributed by atoms with Crippen molar-refractivity contribution >= 4 is 32.2 Å². The van der Waals surface area contributed by atoms with Crippen molar-refractivity contribution in [2.75, 3.05) is 5.32 Å². The average Bonchev–Trinajstić information content (AvgIpc) is 3.71. The minimum Gasteiger partial charge on any atom is -0.394 e. The van der Waals surface area contributed by atoms with E-state index in [0.717, 1.165) is 42.5 Å². The van der Waals surface area contributed by atoms with Gasteiger partial charge < -0.3 is 15.8 Å². The van der Waals surface area contributed by atoms with Crippen LogP contribution >= 0.6 is 12.4 Å². The Balaban J connectivity index is 0.00000361. The summed E-state index contributed by atoms with van der Waals surface area (Å²) in [5, 5.41) is 7.32. The van der Waals surface area contributed by atoms with Gasteiger partial charge in [-0.1, -0.05) is 26.6 Å². The standard InChI is InChI=1S/C26H38FN5O2Si.ClH/c1-7-20-22(15(2)31-32(20)14-34-16(3)35(4,5)6)19-12-13-21(29-25(19)27)30-26(33)24(28)23(17-8-9-17)18-10-11-18;/h12-13,16-18H,7-11,14,28H2,1-6H3,(H,29,30,33);1H/t16-;/m0./s1. The fourth-order valence-corrected chi connectivity index (χ4v) is 5.02. The third-order valence-corrected chi connectivity index (χ3v) is 9.79. The molecule has 0 aliphatic heterocycles. The number of nitrogens with zero attached hydrogens (tertiary/aromatic N) is 3. The third-order valence-electron chi connectivity index (χ3n) is 7.18. The van der Waals surface area contributed by atoms with Crippen LogP contribution in [0.3, 0.4) is 0 Å². The summed E-state index contributed by atoms with van der Waals surface area (Å²) in [6, 6.07) is 3.27. The molecule has 0 bridgehead atoms. The number of carbonyl (C=O) groups is 1. The van der Waals surface area contributed by atoms with Crippen LogP contribution in [0.4, 0.5) is 10.2 Å². The second kappa shape index (κ2) is 11.0. The van der Waals surface area contributed by atoms with Crippen molar-refractivity contribution in [2.24, 2.45) is 17.6 Å². The molecule has 0 aromatic carbocycles. The predicted octanol–water partition coefficient (Wildman–Crippen LogP) is 5.59. The van der Waals surface area contributed by atoms with Gasteiger partial charge >= 0.3 is 0 Å². The summed E-state index contributed by atoms with van der Waals surface area (Å²) in [5.74, 6) is -0.0235. The molecule has 0 saturated heterocycles. The van der Waals surface area contributed by atoms with E-state index in [1.807, 2.05) is 18.5 Å². The van der Waals surface area contributed by atoms with Gasteiger partial charge in [0.1, 0.15) is 12.5 Å². The van der Waals surface area contributed by atoms with Gasteiger partial charge in [-0.25, -0.2) is 9.67 Å². The Hall–Kier alpha value is -2.23. The quantitative estimate of drug-likeness (QED) is 0.235. The number of ether oxygens (including phenoxy) is 1. The highest BCUT2D eigenvalue weighted by molar-refractivity contribution is 6.77. The molecule has 36 heavy (non-hydrogen) atoms. The summed E-state index contributed by atoms with van der Waals surface area (Å²) in [6.45, 7) is 13.1. The van der Waals surface area contributed by atoms with Crippen LogP contribution in [0, 0.1) is 24.7 Å². The molecule has 2 aromatic heterocycles. The van der Waals surface area contributed by atoms with Crippen LogP contribution in [0.1, 0.15) is 50.9 Å². The number of pyridine rings is 1. The van der Waals surface area contributed by atoms with Gasteiger partial charge in [0.2, 0.25) is 5.95 Å². The maximum Gasteiger partial charge on any atom is 0.272 e. The largest absolute Gasteiger partial charge is 0.394 e. The van der Waals surface area contributed by atoms with Crippen LogP contribution in [-0.2, 0) is 22.7 Å². The zero-order valence-corrected chi connectivity index (χ0v) is 24.0. The molecule has 2 aromatic rings. The lowest BCUT2D eigenvalue weighted by Crippen LogP contribution is -2.38. The van der Waals surface area contributed by atoms with Gasteiger partial charge in [0.05, 0.1) is 19.5 Å². The Labute approximate surface area is 220 Å². The fraction of sp³-hybridized carbons (Fsp3) is 0.577. The molecule has 2 heterocycles. The normalized spacial score (nSPS) is 16.3. The Morgan fingerprint density at radius 3 is 2.36 bits per heavy atom. The van der Waals surface area contributed by atoms with E-state index in [9.17, 15) is 4.79 Å². The molecule has 0 radical (unpaired) electrons. The first kappa shape index (κ1) is 28.3. The summed E-state index contributed by atoms with van der Waals surface area (Å²) in [4.78, 5) is 16.8. The van der Waals surface area contributed by atoms with Crippen LogP contribution < -0.4 is 11.1 Å². The van der Waals surface area contributed by atoms with Gasteiger partial charge in [-0.2, -0.15) is 9.49 Å². The Morgan fingerprint density at radius 2 is 1.86 bits per heavy atom. The molecule has 2 fully saturated rings. The second-order valence-electron chi connectivity index (χ2n) is 11.0. The van der Waals surface area contributed by atoms with Gasteiger partial charge in [0.25, 0.3) is 5.91 Å². The van der Waals surface area contributed by atoms with Crippen LogP contribution in [0.15, 0.2) is 23.4 Å². The summed E-state index contributed by atoms with van der Waals surface area (Å²) < 4.78 is 23.2. The lowest BCUT2D eigenvalue weighted by atomic mass is 10.0. The van der Waals surface area contributed by atoms with E-state index in [4.69, 9.17) is 10.5 Å². The molecule has 2 saturated carbocycles. The van der Waals surface area contributed by atoms with E-state index in [-0.39, 0.29) is 29.6 Å². The van der Waals surface area contributed by atoms with Crippen LogP contribution in [0.25, 0.3) is 11.1 Å². The highest BCUT2D eigenvalue weighted by Gasteiger charge is 2.39. The van der Waals surface area contributed by atoms with Gasteiger partial charge in [-0.05, 0) is 75.5 Å². The zero-order chi connectivity index (χ0) is 25.5. The number of nitrogens with one attached hydrogen (secondary N) is 1. The predicted molar refractivity (Wildman–Crippen MR) is 146 cm³/mol. The van der Waals surface area contributed by atoms with E-state index in [2.05, 4.69) is 42.0 Å². The summed E-state index contributed by atoms with van der Waals surface area (Å²) >= 11 is 0. The molecule has 198 valence electrons. The van der Waals surface area contributed by atoms with Gasteiger partial charge in [0, 0.05) is 22.5 Å². The number of hydrogen-bond donors (Lipinski definition) is 2. The Kier molecular flexibility index (Phi) is 8.68. The van der Waals surface area contributed by atoms with Crippen LogP contribution in [0.5, 0.6) is 0 Å². The molecule has 0 unspecified atom stereocenters. The highest BCUT2D eigenvalue weighted by atomic mass is 35.5. The molecule has 7 nitrogen and oxygen atoms in total. The molecule has 2 aliphatic rings. The second-order valence-corrected chi connectivity index (χ2v) is 16.5. The molecule has 10 heteroatoms. The van der Waals surface area contributed by atoms with Crippen LogP contribution in [-0.4, -0.2) is 34.5 Å². The first-order valence-electron chi connectivity index (χ1n) is 12.7. The smallest absolute Gasteiger partial charge is 0.272 e. The molecule has 2 aliphatic carbocycles. The van der Waals surface area contributed by atoms with Crippen LogP contribution in [0.2, 0.25) is 19.6 Å². The summed E-state index contributed by atoms with van der Waals surface area (Å²) in [5.41, 5.74) is 10.4. The van der Waals surface area contributed by atoms with Crippen molar-refractivity contribution in [3.63, 3.8) is 0 Å². The first-order valence-corrected chi connectivity index (χ1v) is 16.2. The maximum absolute atomic E-state index is 15.2. The number of aryl methyl sites for hydroxylation is 1. The molecule has 4 rings (SSSR count). The zero-order valence-electron chi connectivity index (χ0n) is 22.2. The van der Waals surface area contributed by atoms with Crippen molar-refractivity contribution in [2.45, 2.75) is 85.0 Å². The maximum atomic E-state index is 15.2. The SMILES string of the molecule is CCc1c(-c2ccc(NC(=O)C(N)=C(C3CC3)C3CC3)nc2F)c(C)nn1CO[C@H](C)[Si](C)(C)C.Cl. The van der Waals surface area contributed by atoms with Crippen molar-refractivity contribution in [1.82, 2.24) is 14.8 Å². The van der Waals surface area contributed by atoms with E-state index < -0.39 is 19.9 Å². The lowest BCUT2D eigenvalue weighted by Gasteiger charge is -2.25. The number of halogens is 2. The molecule has 1 atom stereocenters.